The van der Waals surface area contributed by atoms with Crippen molar-refractivity contribution in [1.82, 2.24) is 10.2 Å². The van der Waals surface area contributed by atoms with Crippen molar-refractivity contribution in [2.75, 3.05) is 26.7 Å². The summed E-state index contributed by atoms with van der Waals surface area (Å²) in [7, 11) is 1.51. The third kappa shape index (κ3) is 3.78. The minimum absolute atomic E-state index is 0.0752. The molecule has 0 bridgehead atoms. The van der Waals surface area contributed by atoms with Crippen LogP contribution in [0.1, 0.15) is 58.8 Å². The van der Waals surface area contributed by atoms with Crippen LogP contribution in [0.5, 0.6) is 0 Å². The van der Waals surface area contributed by atoms with Gasteiger partial charge in [-0.05, 0) is 57.5 Å². The van der Waals surface area contributed by atoms with E-state index in [9.17, 15) is 4.79 Å². The van der Waals surface area contributed by atoms with Crippen LogP contribution in [0.2, 0.25) is 0 Å². The summed E-state index contributed by atoms with van der Waals surface area (Å²) in [6.07, 6.45) is 8.30. The maximum Gasteiger partial charge on any atom is 0.326 e. The molecule has 0 spiro atoms. The third-order valence-electron chi connectivity index (χ3n) is 5.46. The molecule has 2 unspecified atom stereocenters. The number of rotatable bonds is 7. The summed E-state index contributed by atoms with van der Waals surface area (Å²) in [5.41, 5.74) is -0.459. The Morgan fingerprint density at radius 2 is 2.05 bits per heavy atom. The Bertz CT molecular complexity index is 340. The Balaban J connectivity index is 2.03. The molecule has 2 rings (SSSR count). The lowest BCUT2D eigenvalue weighted by Gasteiger charge is -2.44. The van der Waals surface area contributed by atoms with Gasteiger partial charge in [-0.2, -0.15) is 0 Å². The molecule has 0 saturated heterocycles. The molecule has 0 aromatic heterocycles. The minimum atomic E-state index is -0.459. The molecule has 2 aliphatic carbocycles. The van der Waals surface area contributed by atoms with Gasteiger partial charge in [0.15, 0.2) is 0 Å². The molecule has 0 aromatic rings. The average molecular weight is 296 g/mol. The van der Waals surface area contributed by atoms with E-state index in [1.54, 1.807) is 0 Å². The number of hydrogen-bond acceptors (Lipinski definition) is 4. The van der Waals surface area contributed by atoms with Gasteiger partial charge in [-0.25, -0.2) is 0 Å². The lowest BCUT2D eigenvalue weighted by Crippen LogP contribution is -2.59. The van der Waals surface area contributed by atoms with Crippen molar-refractivity contribution in [1.29, 1.82) is 0 Å². The van der Waals surface area contributed by atoms with Gasteiger partial charge in [-0.3, -0.25) is 4.79 Å². The summed E-state index contributed by atoms with van der Waals surface area (Å²) in [6, 6.07) is 0.516. The molecule has 0 heterocycles. The average Bonchev–Trinajstić information content (AvgIpc) is 2.46. The quantitative estimate of drug-likeness (QED) is 0.733. The van der Waals surface area contributed by atoms with E-state index < -0.39 is 5.54 Å². The molecule has 0 aliphatic heterocycles. The van der Waals surface area contributed by atoms with Crippen LogP contribution >= 0.6 is 0 Å². The highest BCUT2D eigenvalue weighted by Gasteiger charge is 2.44. The molecule has 122 valence electrons. The van der Waals surface area contributed by atoms with Gasteiger partial charge in [0.25, 0.3) is 0 Å². The maximum atomic E-state index is 12.3. The van der Waals surface area contributed by atoms with E-state index in [-0.39, 0.29) is 5.97 Å². The van der Waals surface area contributed by atoms with E-state index in [0.29, 0.717) is 6.04 Å². The van der Waals surface area contributed by atoms with Gasteiger partial charge in [-0.15, -0.1) is 0 Å². The third-order valence-corrected chi connectivity index (χ3v) is 5.46. The van der Waals surface area contributed by atoms with E-state index in [1.807, 2.05) is 0 Å². The van der Waals surface area contributed by atoms with E-state index in [0.717, 1.165) is 38.3 Å². The number of carbonyl (C=O) groups is 1. The molecule has 2 fully saturated rings. The van der Waals surface area contributed by atoms with Crippen molar-refractivity contribution in [2.24, 2.45) is 5.92 Å². The zero-order valence-corrected chi connectivity index (χ0v) is 14.0. The predicted octanol–water partition coefficient (Wildman–Crippen LogP) is 2.57. The Morgan fingerprint density at radius 1 is 1.29 bits per heavy atom. The normalized spacial score (nSPS) is 30.2. The maximum absolute atomic E-state index is 12.3. The number of ether oxygens (including phenoxy) is 1. The summed E-state index contributed by atoms with van der Waals surface area (Å²) in [4.78, 5) is 14.9. The Kier molecular flexibility index (Phi) is 6.06. The fourth-order valence-corrected chi connectivity index (χ4v) is 4.05. The predicted molar refractivity (Wildman–Crippen MR) is 85.3 cm³/mol. The first-order valence-electron chi connectivity index (χ1n) is 8.72. The van der Waals surface area contributed by atoms with Gasteiger partial charge in [0.2, 0.25) is 0 Å². The Labute approximate surface area is 129 Å². The summed E-state index contributed by atoms with van der Waals surface area (Å²) in [6.45, 7) is 7.44. The number of hydrogen-bond donors (Lipinski definition) is 1. The van der Waals surface area contributed by atoms with Crippen LogP contribution in [0.15, 0.2) is 0 Å². The highest BCUT2D eigenvalue weighted by molar-refractivity contribution is 5.81. The van der Waals surface area contributed by atoms with Crippen LogP contribution in [0.4, 0.5) is 0 Å². The Hall–Kier alpha value is -0.610. The number of nitrogens with one attached hydrogen (secondary N) is 1. The summed E-state index contributed by atoms with van der Waals surface area (Å²) in [5, 5.41) is 3.44. The molecule has 2 atom stereocenters. The van der Waals surface area contributed by atoms with Crippen molar-refractivity contribution in [3.05, 3.63) is 0 Å². The summed E-state index contributed by atoms with van der Waals surface area (Å²) in [5.74, 6) is 0.812. The van der Waals surface area contributed by atoms with Crippen LogP contribution in [0.25, 0.3) is 0 Å². The highest BCUT2D eigenvalue weighted by Crippen LogP contribution is 2.34. The molecule has 2 saturated carbocycles. The monoisotopic (exact) mass is 296 g/mol. The van der Waals surface area contributed by atoms with Crippen molar-refractivity contribution >= 4 is 5.97 Å². The number of likely N-dealkylation sites (N-methyl/N-ethyl adjacent to an activating group) is 1. The molecule has 0 radical (unpaired) electrons. The van der Waals surface area contributed by atoms with Gasteiger partial charge in [-0.1, -0.05) is 20.3 Å². The molecule has 4 nitrogen and oxygen atoms in total. The van der Waals surface area contributed by atoms with E-state index in [1.165, 1.54) is 39.3 Å². The molecular formula is C17H32N2O2. The first kappa shape index (κ1) is 16.8. The highest BCUT2D eigenvalue weighted by atomic mass is 16.5. The number of esters is 1. The first-order chi connectivity index (χ1) is 10.1. The Morgan fingerprint density at radius 3 is 2.57 bits per heavy atom. The smallest absolute Gasteiger partial charge is 0.326 e. The molecule has 2 aliphatic rings. The molecule has 0 aromatic carbocycles. The van der Waals surface area contributed by atoms with E-state index in [4.69, 9.17) is 4.74 Å². The lowest BCUT2D eigenvalue weighted by atomic mass is 9.77. The van der Waals surface area contributed by atoms with Gasteiger partial charge in [0.05, 0.1) is 7.11 Å². The van der Waals surface area contributed by atoms with Gasteiger partial charge >= 0.3 is 5.97 Å². The largest absolute Gasteiger partial charge is 0.468 e. The summed E-state index contributed by atoms with van der Waals surface area (Å²) < 4.78 is 5.10. The fraction of sp³-hybridized carbons (Fsp3) is 0.941. The zero-order valence-electron chi connectivity index (χ0n) is 14.0. The second kappa shape index (κ2) is 7.59. The molecule has 21 heavy (non-hydrogen) atoms. The van der Waals surface area contributed by atoms with Crippen LogP contribution in [0.3, 0.4) is 0 Å². The van der Waals surface area contributed by atoms with Gasteiger partial charge < -0.3 is 15.0 Å². The van der Waals surface area contributed by atoms with Gasteiger partial charge in [0.1, 0.15) is 5.54 Å². The second-order valence-electron chi connectivity index (χ2n) is 6.74. The number of methoxy groups -OCH3 is 1. The number of nitrogens with zero attached hydrogens (tertiary/aromatic N) is 1. The zero-order chi connectivity index (χ0) is 15.3. The topological polar surface area (TPSA) is 41.6 Å². The van der Waals surface area contributed by atoms with Gasteiger partial charge in [0, 0.05) is 12.6 Å². The molecule has 0 amide bonds. The SMILES string of the molecule is CCNC1(C(=O)OC)CCCC(N(CC)CC2CCC2)C1. The summed E-state index contributed by atoms with van der Waals surface area (Å²) >= 11 is 0. The second-order valence-corrected chi connectivity index (χ2v) is 6.74. The fourth-order valence-electron chi connectivity index (χ4n) is 4.05. The molecule has 4 heteroatoms. The van der Waals surface area contributed by atoms with Crippen molar-refractivity contribution in [2.45, 2.75) is 70.4 Å². The van der Waals surface area contributed by atoms with Crippen molar-refractivity contribution in [3.8, 4) is 0 Å². The van der Waals surface area contributed by atoms with Crippen LogP contribution < -0.4 is 5.32 Å². The van der Waals surface area contributed by atoms with E-state index >= 15 is 0 Å². The van der Waals surface area contributed by atoms with Crippen LogP contribution in [-0.4, -0.2) is 49.2 Å². The van der Waals surface area contributed by atoms with Crippen molar-refractivity contribution in [3.63, 3.8) is 0 Å². The molecule has 1 N–H and O–H groups in total. The molecular weight excluding hydrogens is 264 g/mol. The van der Waals surface area contributed by atoms with Crippen molar-refractivity contribution < 1.29 is 9.53 Å². The van der Waals surface area contributed by atoms with Crippen LogP contribution in [0, 0.1) is 5.92 Å². The van der Waals surface area contributed by atoms with Crippen LogP contribution in [-0.2, 0) is 9.53 Å². The number of carbonyl (C=O) groups excluding carboxylic acids is 1. The first-order valence-corrected chi connectivity index (χ1v) is 8.72. The minimum Gasteiger partial charge on any atom is -0.468 e. The lowest BCUT2D eigenvalue weighted by molar-refractivity contribution is -0.151. The van der Waals surface area contributed by atoms with E-state index in [2.05, 4.69) is 24.1 Å². The standard InChI is InChI=1S/C17H32N2O2/c1-4-18-17(16(20)21-3)11-7-10-15(12-17)19(5-2)13-14-8-6-9-14/h14-15,18H,4-13H2,1-3H3.